The van der Waals surface area contributed by atoms with Gasteiger partial charge in [-0.1, -0.05) is 35.9 Å². The highest BCUT2D eigenvalue weighted by atomic mass is 16.5. The molecule has 0 aliphatic heterocycles. The van der Waals surface area contributed by atoms with Crippen LogP contribution in [0.3, 0.4) is 0 Å². The van der Waals surface area contributed by atoms with E-state index in [1.54, 1.807) is 6.07 Å². The molecule has 0 bridgehead atoms. The minimum Gasteiger partial charge on any atom is -0.492 e. The molecule has 0 saturated heterocycles. The van der Waals surface area contributed by atoms with E-state index in [4.69, 9.17) is 13.9 Å². The molecule has 1 aromatic heterocycles. The Labute approximate surface area is 152 Å². The summed E-state index contributed by atoms with van der Waals surface area (Å²) in [6.45, 7) is 3.05. The molecule has 0 radical (unpaired) electrons. The SMILES string of the molecule is Cc1ccc(OCCNC(=O)c2occc2COc2ccccc2)cc1. The van der Waals surface area contributed by atoms with Gasteiger partial charge in [0.1, 0.15) is 24.7 Å². The summed E-state index contributed by atoms with van der Waals surface area (Å²) in [5.41, 5.74) is 1.87. The molecular formula is C21H21NO4. The van der Waals surface area contributed by atoms with E-state index < -0.39 is 0 Å². The van der Waals surface area contributed by atoms with E-state index in [9.17, 15) is 4.79 Å². The van der Waals surface area contributed by atoms with Gasteiger partial charge in [0.15, 0.2) is 5.76 Å². The zero-order chi connectivity index (χ0) is 18.2. The van der Waals surface area contributed by atoms with Crippen LogP contribution in [0, 0.1) is 6.92 Å². The standard InChI is InChI=1S/C21H21NO4/c1-16-7-9-19(10-8-16)24-14-12-22-21(23)20-17(11-13-25-20)15-26-18-5-3-2-4-6-18/h2-11,13H,12,14-15H2,1H3,(H,22,23). The average Bonchev–Trinajstić information content (AvgIpc) is 3.14. The van der Waals surface area contributed by atoms with Crippen LogP contribution in [0.1, 0.15) is 21.7 Å². The number of para-hydroxylation sites is 1. The molecule has 0 fully saturated rings. The van der Waals surface area contributed by atoms with Crippen LogP contribution in [0.4, 0.5) is 0 Å². The summed E-state index contributed by atoms with van der Waals surface area (Å²) in [5.74, 6) is 1.50. The second-order valence-corrected chi connectivity index (χ2v) is 5.79. The molecule has 2 aromatic carbocycles. The van der Waals surface area contributed by atoms with E-state index >= 15 is 0 Å². The van der Waals surface area contributed by atoms with Gasteiger partial charge in [-0.25, -0.2) is 0 Å². The van der Waals surface area contributed by atoms with Crippen LogP contribution in [-0.2, 0) is 6.61 Å². The van der Waals surface area contributed by atoms with Crippen molar-refractivity contribution in [3.05, 3.63) is 83.8 Å². The quantitative estimate of drug-likeness (QED) is 0.624. The minimum absolute atomic E-state index is 0.260. The Morgan fingerprint density at radius 1 is 0.962 bits per heavy atom. The number of rotatable bonds is 8. The number of hydrogen-bond donors (Lipinski definition) is 1. The van der Waals surface area contributed by atoms with Gasteiger partial charge < -0.3 is 19.2 Å². The van der Waals surface area contributed by atoms with E-state index in [0.29, 0.717) is 18.7 Å². The Morgan fingerprint density at radius 3 is 2.46 bits per heavy atom. The molecule has 3 rings (SSSR count). The summed E-state index contributed by atoms with van der Waals surface area (Å²) in [6, 6.07) is 18.9. The fraction of sp³-hybridized carbons (Fsp3) is 0.190. The van der Waals surface area contributed by atoms with Crippen LogP contribution in [-0.4, -0.2) is 19.1 Å². The normalized spacial score (nSPS) is 10.3. The zero-order valence-electron chi connectivity index (χ0n) is 14.6. The number of furan rings is 1. The minimum atomic E-state index is -0.283. The Bertz CT molecular complexity index is 825. The van der Waals surface area contributed by atoms with Gasteiger partial charge in [-0.3, -0.25) is 4.79 Å². The number of carbonyl (C=O) groups is 1. The molecule has 0 spiro atoms. The molecule has 0 atom stereocenters. The molecule has 26 heavy (non-hydrogen) atoms. The fourth-order valence-electron chi connectivity index (χ4n) is 2.37. The zero-order valence-corrected chi connectivity index (χ0v) is 14.6. The summed E-state index contributed by atoms with van der Waals surface area (Å²) in [6.07, 6.45) is 1.49. The Hall–Kier alpha value is -3.21. The molecule has 0 saturated carbocycles. The maximum atomic E-state index is 12.3. The third-order valence-corrected chi connectivity index (χ3v) is 3.77. The fourth-order valence-corrected chi connectivity index (χ4v) is 2.37. The van der Waals surface area contributed by atoms with Gasteiger partial charge in [0.2, 0.25) is 0 Å². The lowest BCUT2D eigenvalue weighted by Crippen LogP contribution is -2.28. The molecule has 1 heterocycles. The number of amides is 1. The third-order valence-electron chi connectivity index (χ3n) is 3.77. The molecule has 0 aliphatic carbocycles. The van der Waals surface area contributed by atoms with Crippen LogP contribution in [0.15, 0.2) is 71.3 Å². The molecule has 0 aliphatic rings. The van der Waals surface area contributed by atoms with Crippen molar-refractivity contribution < 1.29 is 18.7 Å². The first-order valence-electron chi connectivity index (χ1n) is 8.44. The first-order chi connectivity index (χ1) is 12.7. The monoisotopic (exact) mass is 351 g/mol. The van der Waals surface area contributed by atoms with Gasteiger partial charge in [-0.05, 0) is 37.3 Å². The molecule has 134 valence electrons. The van der Waals surface area contributed by atoms with Gasteiger partial charge in [0, 0.05) is 5.56 Å². The lowest BCUT2D eigenvalue weighted by molar-refractivity contribution is 0.0916. The van der Waals surface area contributed by atoms with Gasteiger partial charge in [0.25, 0.3) is 5.91 Å². The summed E-state index contributed by atoms with van der Waals surface area (Å²) in [5, 5.41) is 2.79. The lowest BCUT2D eigenvalue weighted by atomic mass is 10.2. The van der Waals surface area contributed by atoms with Gasteiger partial charge in [-0.2, -0.15) is 0 Å². The van der Waals surface area contributed by atoms with Crippen molar-refractivity contribution in [1.82, 2.24) is 5.32 Å². The summed E-state index contributed by atoms with van der Waals surface area (Å²) >= 11 is 0. The highest BCUT2D eigenvalue weighted by molar-refractivity contribution is 5.92. The number of aryl methyl sites for hydroxylation is 1. The smallest absolute Gasteiger partial charge is 0.287 e. The van der Waals surface area contributed by atoms with E-state index in [1.807, 2.05) is 61.5 Å². The third kappa shape index (κ3) is 4.89. The first-order valence-corrected chi connectivity index (χ1v) is 8.44. The second-order valence-electron chi connectivity index (χ2n) is 5.79. The van der Waals surface area contributed by atoms with Gasteiger partial charge >= 0.3 is 0 Å². The summed E-state index contributed by atoms with van der Waals surface area (Å²) in [4.78, 5) is 12.3. The van der Waals surface area contributed by atoms with Crippen molar-refractivity contribution in [3.8, 4) is 11.5 Å². The average molecular weight is 351 g/mol. The molecule has 1 amide bonds. The Kier molecular flexibility index (Phi) is 5.93. The van der Waals surface area contributed by atoms with Crippen LogP contribution in [0.2, 0.25) is 0 Å². The van der Waals surface area contributed by atoms with Gasteiger partial charge in [0.05, 0.1) is 12.8 Å². The Morgan fingerprint density at radius 2 is 1.69 bits per heavy atom. The topological polar surface area (TPSA) is 60.7 Å². The molecule has 5 nitrogen and oxygen atoms in total. The van der Waals surface area contributed by atoms with E-state index in [-0.39, 0.29) is 18.3 Å². The van der Waals surface area contributed by atoms with Crippen molar-refractivity contribution in [3.63, 3.8) is 0 Å². The summed E-state index contributed by atoms with van der Waals surface area (Å²) < 4.78 is 16.6. The highest BCUT2D eigenvalue weighted by Crippen LogP contribution is 2.16. The maximum Gasteiger partial charge on any atom is 0.287 e. The van der Waals surface area contributed by atoms with Crippen LogP contribution in [0.5, 0.6) is 11.5 Å². The van der Waals surface area contributed by atoms with E-state index in [1.165, 1.54) is 11.8 Å². The number of hydrogen-bond acceptors (Lipinski definition) is 4. The van der Waals surface area contributed by atoms with Crippen molar-refractivity contribution in [2.45, 2.75) is 13.5 Å². The summed E-state index contributed by atoms with van der Waals surface area (Å²) in [7, 11) is 0. The van der Waals surface area contributed by atoms with Crippen molar-refractivity contribution >= 4 is 5.91 Å². The largest absolute Gasteiger partial charge is 0.492 e. The second kappa shape index (κ2) is 8.76. The van der Waals surface area contributed by atoms with Crippen molar-refractivity contribution in [1.29, 1.82) is 0 Å². The number of benzene rings is 2. The van der Waals surface area contributed by atoms with Crippen LogP contribution in [0.25, 0.3) is 0 Å². The predicted octanol–water partition coefficient (Wildman–Crippen LogP) is 3.98. The number of ether oxygens (including phenoxy) is 2. The molecule has 0 unspecified atom stereocenters. The lowest BCUT2D eigenvalue weighted by Gasteiger charge is -2.08. The van der Waals surface area contributed by atoms with Crippen molar-refractivity contribution in [2.24, 2.45) is 0 Å². The van der Waals surface area contributed by atoms with Crippen LogP contribution >= 0.6 is 0 Å². The van der Waals surface area contributed by atoms with E-state index in [0.717, 1.165) is 11.5 Å². The maximum absolute atomic E-state index is 12.3. The predicted molar refractivity (Wildman–Crippen MR) is 98.5 cm³/mol. The van der Waals surface area contributed by atoms with E-state index in [2.05, 4.69) is 5.32 Å². The van der Waals surface area contributed by atoms with Crippen LogP contribution < -0.4 is 14.8 Å². The molecular weight excluding hydrogens is 330 g/mol. The van der Waals surface area contributed by atoms with Crippen molar-refractivity contribution in [2.75, 3.05) is 13.2 Å². The Balaban J connectivity index is 1.46. The number of carbonyl (C=O) groups excluding carboxylic acids is 1. The van der Waals surface area contributed by atoms with Gasteiger partial charge in [-0.15, -0.1) is 0 Å². The molecule has 1 N–H and O–H groups in total. The highest BCUT2D eigenvalue weighted by Gasteiger charge is 2.15. The first kappa shape index (κ1) is 17.6. The molecule has 5 heteroatoms. The molecule has 3 aromatic rings. The number of nitrogens with one attached hydrogen (secondary N) is 1.